The van der Waals surface area contributed by atoms with E-state index in [-0.39, 0.29) is 29.9 Å². The van der Waals surface area contributed by atoms with E-state index in [1.165, 1.54) is 13.8 Å². The van der Waals surface area contributed by atoms with Crippen LogP contribution in [0.4, 0.5) is 11.4 Å². The highest BCUT2D eigenvalue weighted by atomic mass is 16.7. The topological polar surface area (TPSA) is 115 Å². The number of hydrogen-bond acceptors (Lipinski definition) is 6. The molecule has 0 saturated carbocycles. The molecule has 0 radical (unpaired) electrons. The SMILES string of the molecule is CC(=O)Nc1cc(NC(C)=O)cc(C(=O)NCC2(c3ccc4c(c3)OCO4)CCOCC2)c1. The molecule has 174 valence electrons. The van der Waals surface area contributed by atoms with Gasteiger partial charge in [-0.1, -0.05) is 6.07 Å². The van der Waals surface area contributed by atoms with Crippen molar-refractivity contribution in [3.63, 3.8) is 0 Å². The quantitative estimate of drug-likeness (QED) is 0.620. The van der Waals surface area contributed by atoms with Crippen molar-refractivity contribution >= 4 is 29.1 Å². The van der Waals surface area contributed by atoms with E-state index in [9.17, 15) is 14.4 Å². The zero-order valence-electron chi connectivity index (χ0n) is 18.7. The van der Waals surface area contributed by atoms with Crippen LogP contribution in [0.1, 0.15) is 42.6 Å². The first kappa shape index (κ1) is 22.6. The Morgan fingerprint density at radius 2 is 1.52 bits per heavy atom. The lowest BCUT2D eigenvalue weighted by Gasteiger charge is -2.38. The van der Waals surface area contributed by atoms with E-state index >= 15 is 0 Å². The number of anilines is 2. The van der Waals surface area contributed by atoms with Crippen molar-refractivity contribution in [1.29, 1.82) is 0 Å². The van der Waals surface area contributed by atoms with Gasteiger partial charge in [-0.05, 0) is 48.7 Å². The molecule has 2 heterocycles. The second-order valence-electron chi connectivity index (χ2n) is 8.30. The standard InChI is InChI=1S/C24H27N3O6/c1-15(28)26-19-9-17(10-20(12-19)27-16(2)29)23(30)25-13-24(5-7-31-8-6-24)18-3-4-21-22(11-18)33-14-32-21/h3-4,9-12H,5-8,13-14H2,1-2H3,(H,25,30)(H,26,28)(H,27,29). The van der Waals surface area contributed by atoms with Gasteiger partial charge in [-0.15, -0.1) is 0 Å². The molecule has 0 aromatic heterocycles. The van der Waals surface area contributed by atoms with Gasteiger partial charge in [0.15, 0.2) is 11.5 Å². The summed E-state index contributed by atoms with van der Waals surface area (Å²) in [5.74, 6) is 0.564. The van der Waals surface area contributed by atoms with Crippen molar-refractivity contribution in [3.05, 3.63) is 47.5 Å². The minimum atomic E-state index is -0.315. The van der Waals surface area contributed by atoms with E-state index < -0.39 is 0 Å². The number of carbonyl (C=O) groups is 3. The van der Waals surface area contributed by atoms with Crippen molar-refractivity contribution in [2.75, 3.05) is 37.2 Å². The highest BCUT2D eigenvalue weighted by Gasteiger charge is 2.36. The molecule has 9 nitrogen and oxygen atoms in total. The lowest BCUT2D eigenvalue weighted by Crippen LogP contribution is -2.44. The van der Waals surface area contributed by atoms with Gasteiger partial charge in [-0.2, -0.15) is 0 Å². The molecule has 2 aliphatic rings. The second-order valence-corrected chi connectivity index (χ2v) is 8.30. The first-order valence-corrected chi connectivity index (χ1v) is 10.8. The molecule has 1 saturated heterocycles. The Bertz CT molecular complexity index is 1040. The van der Waals surface area contributed by atoms with Crippen molar-refractivity contribution in [1.82, 2.24) is 5.32 Å². The number of amides is 3. The van der Waals surface area contributed by atoms with E-state index in [0.29, 0.717) is 48.2 Å². The maximum Gasteiger partial charge on any atom is 0.251 e. The molecule has 0 atom stereocenters. The summed E-state index contributed by atoms with van der Waals surface area (Å²) in [7, 11) is 0. The van der Waals surface area contributed by atoms with Gasteiger partial charge in [0.1, 0.15) is 0 Å². The fraction of sp³-hybridized carbons (Fsp3) is 0.375. The molecule has 0 bridgehead atoms. The van der Waals surface area contributed by atoms with E-state index in [2.05, 4.69) is 16.0 Å². The third-order valence-electron chi connectivity index (χ3n) is 5.86. The van der Waals surface area contributed by atoms with Gasteiger partial charge < -0.3 is 30.2 Å². The second kappa shape index (κ2) is 9.50. The molecule has 3 amide bonds. The highest BCUT2D eigenvalue weighted by molar-refractivity contribution is 6.00. The van der Waals surface area contributed by atoms with Gasteiger partial charge in [0.25, 0.3) is 5.91 Å². The normalized spacial score (nSPS) is 16.1. The summed E-state index contributed by atoms with van der Waals surface area (Å²) in [4.78, 5) is 36.1. The number of ether oxygens (including phenoxy) is 3. The Kier molecular flexibility index (Phi) is 6.50. The lowest BCUT2D eigenvalue weighted by molar-refractivity contribution is -0.115. The van der Waals surface area contributed by atoms with Crippen LogP contribution in [0.3, 0.4) is 0 Å². The molecule has 0 unspecified atom stereocenters. The van der Waals surface area contributed by atoms with Crippen LogP contribution in [-0.2, 0) is 19.7 Å². The van der Waals surface area contributed by atoms with Crippen LogP contribution < -0.4 is 25.4 Å². The Morgan fingerprint density at radius 1 is 0.879 bits per heavy atom. The fourth-order valence-corrected chi connectivity index (χ4v) is 4.22. The van der Waals surface area contributed by atoms with Gasteiger partial charge in [0.05, 0.1) is 0 Å². The van der Waals surface area contributed by atoms with Gasteiger partial charge in [-0.3, -0.25) is 14.4 Å². The molecule has 0 aliphatic carbocycles. The van der Waals surface area contributed by atoms with E-state index in [1.54, 1.807) is 18.2 Å². The Balaban J connectivity index is 1.56. The third kappa shape index (κ3) is 5.25. The number of benzene rings is 2. The molecule has 33 heavy (non-hydrogen) atoms. The van der Waals surface area contributed by atoms with Crippen LogP contribution >= 0.6 is 0 Å². The molecule has 9 heteroatoms. The minimum Gasteiger partial charge on any atom is -0.454 e. The monoisotopic (exact) mass is 453 g/mol. The predicted octanol–water partition coefficient (Wildman–Crippen LogP) is 2.81. The largest absolute Gasteiger partial charge is 0.454 e. The molecule has 0 spiro atoms. The van der Waals surface area contributed by atoms with Crippen molar-refractivity contribution < 1.29 is 28.6 Å². The van der Waals surface area contributed by atoms with Crippen LogP contribution in [0, 0.1) is 0 Å². The molecule has 4 rings (SSSR count). The van der Waals surface area contributed by atoms with Gasteiger partial charge in [0.2, 0.25) is 18.6 Å². The van der Waals surface area contributed by atoms with Crippen LogP contribution in [-0.4, -0.2) is 44.3 Å². The average molecular weight is 453 g/mol. The number of nitrogens with one attached hydrogen (secondary N) is 3. The Labute approximate surface area is 191 Å². The summed E-state index contributed by atoms with van der Waals surface area (Å²) in [6, 6.07) is 10.7. The number of rotatable bonds is 6. The highest BCUT2D eigenvalue weighted by Crippen LogP contribution is 2.40. The Hall–Kier alpha value is -3.59. The van der Waals surface area contributed by atoms with Crippen LogP contribution in [0.15, 0.2) is 36.4 Å². The Morgan fingerprint density at radius 3 is 2.15 bits per heavy atom. The minimum absolute atomic E-state index is 0.201. The van der Waals surface area contributed by atoms with E-state index in [1.807, 2.05) is 18.2 Å². The summed E-state index contributed by atoms with van der Waals surface area (Å²) in [6.07, 6.45) is 1.49. The predicted molar refractivity (Wildman–Crippen MR) is 122 cm³/mol. The zero-order chi connectivity index (χ0) is 23.4. The first-order chi connectivity index (χ1) is 15.8. The summed E-state index contributed by atoms with van der Waals surface area (Å²) in [5, 5.41) is 8.37. The average Bonchev–Trinajstić information content (AvgIpc) is 3.25. The van der Waals surface area contributed by atoms with Gasteiger partial charge >= 0.3 is 0 Å². The zero-order valence-corrected chi connectivity index (χ0v) is 18.7. The van der Waals surface area contributed by atoms with E-state index in [0.717, 1.165) is 18.4 Å². The lowest BCUT2D eigenvalue weighted by atomic mass is 9.74. The van der Waals surface area contributed by atoms with Crippen molar-refractivity contribution in [2.45, 2.75) is 32.1 Å². The maximum atomic E-state index is 13.1. The van der Waals surface area contributed by atoms with Gasteiger partial charge in [-0.25, -0.2) is 0 Å². The van der Waals surface area contributed by atoms with Crippen molar-refractivity contribution in [2.24, 2.45) is 0 Å². The van der Waals surface area contributed by atoms with Gasteiger partial charge in [0, 0.05) is 56.0 Å². The summed E-state index contributed by atoms with van der Waals surface area (Å²) in [5.41, 5.74) is 1.93. The van der Waals surface area contributed by atoms with E-state index in [4.69, 9.17) is 14.2 Å². The summed E-state index contributed by atoms with van der Waals surface area (Å²) >= 11 is 0. The van der Waals surface area contributed by atoms with Crippen molar-refractivity contribution in [3.8, 4) is 11.5 Å². The molecular weight excluding hydrogens is 426 g/mol. The van der Waals surface area contributed by atoms with Crippen LogP contribution in [0.2, 0.25) is 0 Å². The third-order valence-corrected chi connectivity index (χ3v) is 5.86. The smallest absolute Gasteiger partial charge is 0.251 e. The number of hydrogen-bond donors (Lipinski definition) is 3. The summed E-state index contributed by atoms with van der Waals surface area (Å²) < 4.78 is 16.6. The molecular formula is C24H27N3O6. The summed E-state index contributed by atoms with van der Waals surface area (Å²) in [6.45, 7) is 4.54. The number of fused-ring (bicyclic) bond motifs is 1. The van der Waals surface area contributed by atoms with Crippen LogP contribution in [0.25, 0.3) is 0 Å². The maximum absolute atomic E-state index is 13.1. The molecule has 2 aliphatic heterocycles. The fourth-order valence-electron chi connectivity index (χ4n) is 4.22. The first-order valence-electron chi connectivity index (χ1n) is 10.8. The number of carbonyl (C=O) groups excluding carboxylic acids is 3. The molecule has 1 fully saturated rings. The van der Waals surface area contributed by atoms with Crippen LogP contribution in [0.5, 0.6) is 11.5 Å². The molecule has 3 N–H and O–H groups in total. The molecule has 2 aromatic rings. The molecule has 2 aromatic carbocycles.